The lowest BCUT2D eigenvalue weighted by molar-refractivity contribution is -0.305. The van der Waals surface area contributed by atoms with Gasteiger partial charge in [0.15, 0.2) is 12.4 Å². The molecule has 0 aromatic heterocycles. The number of aliphatic hydroxyl groups is 4. The van der Waals surface area contributed by atoms with Gasteiger partial charge in [0, 0.05) is 12.8 Å². The van der Waals surface area contributed by atoms with E-state index in [0.29, 0.717) is 19.3 Å². The third kappa shape index (κ3) is 32.3. The van der Waals surface area contributed by atoms with Gasteiger partial charge < -0.3 is 39.4 Å². The first kappa shape index (κ1) is 55.9. The second-order valence-electron chi connectivity index (χ2n) is 15.8. The minimum absolute atomic E-state index is 0.141. The first-order valence-electron chi connectivity index (χ1n) is 23.7. The van der Waals surface area contributed by atoms with Gasteiger partial charge in [0.1, 0.15) is 31.0 Å². The largest absolute Gasteiger partial charge is 0.462 e. The fourth-order valence-electron chi connectivity index (χ4n) is 6.48. The van der Waals surface area contributed by atoms with Crippen LogP contribution in [0.2, 0.25) is 0 Å². The van der Waals surface area contributed by atoms with E-state index < -0.39 is 55.4 Å². The smallest absolute Gasteiger partial charge is 0.306 e. The Kier molecular flexibility index (Phi) is 37.5. The molecule has 4 N–H and O–H groups in total. The Morgan fingerprint density at radius 3 is 1.46 bits per heavy atom. The minimum Gasteiger partial charge on any atom is -0.462 e. The van der Waals surface area contributed by atoms with Crippen LogP contribution in [0.5, 0.6) is 0 Å². The normalized spacial score (nSPS) is 20.5. The van der Waals surface area contributed by atoms with Gasteiger partial charge in [0.25, 0.3) is 0 Å². The van der Waals surface area contributed by atoms with Crippen molar-refractivity contribution in [3.63, 3.8) is 0 Å². The Balaban J connectivity index is 2.39. The first-order chi connectivity index (χ1) is 29.8. The highest BCUT2D eigenvalue weighted by atomic mass is 16.7. The molecule has 1 rings (SSSR count). The van der Waals surface area contributed by atoms with E-state index in [1.165, 1.54) is 70.6 Å². The number of hydrogen-bond acceptors (Lipinski definition) is 10. The molecule has 1 fully saturated rings. The fraction of sp³-hybridized carbons (Fsp3) is 0.686. The second-order valence-corrected chi connectivity index (χ2v) is 15.8. The van der Waals surface area contributed by atoms with Crippen molar-refractivity contribution in [1.29, 1.82) is 0 Å². The molecule has 0 amide bonds. The highest BCUT2D eigenvalue weighted by Crippen LogP contribution is 2.22. The molecule has 61 heavy (non-hydrogen) atoms. The molecule has 10 nitrogen and oxygen atoms in total. The molecular formula is C51H84O10. The third-order valence-corrected chi connectivity index (χ3v) is 10.3. The second kappa shape index (κ2) is 40.9. The maximum Gasteiger partial charge on any atom is 0.306 e. The topological polar surface area (TPSA) is 152 Å². The maximum absolute atomic E-state index is 12.8. The van der Waals surface area contributed by atoms with Gasteiger partial charge in [-0.15, -0.1) is 0 Å². The van der Waals surface area contributed by atoms with E-state index in [1.54, 1.807) is 0 Å². The van der Waals surface area contributed by atoms with Gasteiger partial charge >= 0.3 is 11.9 Å². The summed E-state index contributed by atoms with van der Waals surface area (Å²) in [6.45, 7) is 3.28. The minimum atomic E-state index is -1.62. The predicted molar refractivity (Wildman–Crippen MR) is 247 cm³/mol. The van der Waals surface area contributed by atoms with Gasteiger partial charge in [-0.3, -0.25) is 9.59 Å². The first-order valence-corrected chi connectivity index (χ1v) is 23.7. The van der Waals surface area contributed by atoms with Crippen LogP contribution < -0.4 is 0 Å². The number of ether oxygens (including phenoxy) is 4. The van der Waals surface area contributed by atoms with E-state index in [0.717, 1.165) is 51.4 Å². The zero-order chi connectivity index (χ0) is 44.4. The standard InChI is InChI=1S/C51H84O10/c1-3-5-7-9-11-13-15-17-19-20-21-22-23-24-26-28-30-32-34-36-38-40-47(54)60-44(43-59-51-50(57)49(56)48(55)45(41-52)61-51)42-58-46(53)39-37-35-33-31-29-27-25-18-16-14-12-10-8-6-4-2/h12,14,18-20,22-23,25-26,28-29,31-32,34,44-45,48-52,55-57H,3-11,13,15-17,21,24,27,30,33,35-43H2,1-2H3/b14-12+,20-19+,23-22+,25-18+,28-26+,31-29+,34-32+/t44-,45-,48+,49?,50?,51-/m1/s1. The van der Waals surface area contributed by atoms with E-state index in [2.05, 4.69) is 92.8 Å². The maximum atomic E-state index is 12.8. The van der Waals surface area contributed by atoms with Crippen molar-refractivity contribution >= 4 is 11.9 Å². The van der Waals surface area contributed by atoms with Crippen LogP contribution in [0.4, 0.5) is 0 Å². The molecule has 0 aromatic carbocycles. The van der Waals surface area contributed by atoms with Crippen LogP contribution in [0.25, 0.3) is 0 Å². The molecule has 1 saturated heterocycles. The number of unbranched alkanes of at least 4 members (excludes halogenated alkanes) is 13. The van der Waals surface area contributed by atoms with E-state index >= 15 is 0 Å². The summed E-state index contributed by atoms with van der Waals surface area (Å²) in [7, 11) is 0. The Bertz CT molecular complexity index is 1270. The molecule has 0 bridgehead atoms. The quantitative estimate of drug-likeness (QED) is 0.0268. The van der Waals surface area contributed by atoms with Crippen molar-refractivity contribution in [2.45, 2.75) is 205 Å². The van der Waals surface area contributed by atoms with Crippen molar-refractivity contribution in [3.8, 4) is 0 Å². The van der Waals surface area contributed by atoms with Gasteiger partial charge in [-0.1, -0.05) is 150 Å². The Labute approximate surface area is 369 Å². The summed E-state index contributed by atoms with van der Waals surface area (Å²) < 4.78 is 22.1. The van der Waals surface area contributed by atoms with Crippen molar-refractivity contribution < 1.29 is 49.0 Å². The molecule has 2 unspecified atom stereocenters. The fourth-order valence-corrected chi connectivity index (χ4v) is 6.48. The average Bonchev–Trinajstić information content (AvgIpc) is 3.26. The van der Waals surface area contributed by atoms with Gasteiger partial charge in [-0.05, 0) is 89.9 Å². The van der Waals surface area contributed by atoms with Gasteiger partial charge in [0.05, 0.1) is 13.2 Å². The lowest BCUT2D eigenvalue weighted by Gasteiger charge is -2.39. The number of rotatable bonds is 38. The summed E-state index contributed by atoms with van der Waals surface area (Å²) in [5.41, 5.74) is 0. The summed E-state index contributed by atoms with van der Waals surface area (Å²) in [6.07, 6.45) is 46.0. The zero-order valence-corrected chi connectivity index (χ0v) is 37.9. The van der Waals surface area contributed by atoms with E-state index in [1.807, 2.05) is 6.08 Å². The molecule has 0 radical (unpaired) electrons. The summed E-state index contributed by atoms with van der Waals surface area (Å²) in [6, 6.07) is 0. The Morgan fingerprint density at radius 1 is 0.508 bits per heavy atom. The molecule has 348 valence electrons. The number of aliphatic hydroxyl groups excluding tert-OH is 4. The summed E-state index contributed by atoms with van der Waals surface area (Å²) in [4.78, 5) is 25.3. The molecule has 0 aromatic rings. The van der Waals surface area contributed by atoms with Crippen LogP contribution in [0, 0.1) is 0 Å². The van der Waals surface area contributed by atoms with Crippen LogP contribution in [0.1, 0.15) is 168 Å². The predicted octanol–water partition coefficient (Wildman–Crippen LogP) is 10.6. The number of carbonyl (C=O) groups is 2. The monoisotopic (exact) mass is 857 g/mol. The van der Waals surface area contributed by atoms with Crippen LogP contribution in [0.15, 0.2) is 85.1 Å². The average molecular weight is 857 g/mol. The SMILES string of the molecule is CCCCC/C=C/C/C=C/C/C=C/CCCCC(=O)OC[C@H](CO[C@@H]1O[C@H](CO)[C@H](O)C(O)C1O)OC(=O)CCC/C=C/C/C=C/C/C=C/C/C=C/CCCCCCCCC. The van der Waals surface area contributed by atoms with Crippen LogP contribution in [-0.4, -0.2) is 89.0 Å². The van der Waals surface area contributed by atoms with Crippen molar-refractivity contribution in [1.82, 2.24) is 0 Å². The number of allylic oxidation sites excluding steroid dienone is 14. The molecule has 10 heteroatoms. The molecule has 1 aliphatic rings. The molecule has 0 saturated carbocycles. The molecule has 6 atom stereocenters. The lowest BCUT2D eigenvalue weighted by Crippen LogP contribution is -2.59. The van der Waals surface area contributed by atoms with Crippen LogP contribution in [0.3, 0.4) is 0 Å². The molecular weight excluding hydrogens is 773 g/mol. The third-order valence-electron chi connectivity index (χ3n) is 10.3. The van der Waals surface area contributed by atoms with Crippen molar-refractivity contribution in [2.24, 2.45) is 0 Å². The molecule has 1 aliphatic heterocycles. The van der Waals surface area contributed by atoms with Gasteiger partial charge in [-0.2, -0.15) is 0 Å². The van der Waals surface area contributed by atoms with Crippen LogP contribution >= 0.6 is 0 Å². The van der Waals surface area contributed by atoms with Crippen LogP contribution in [-0.2, 0) is 28.5 Å². The summed E-state index contributed by atoms with van der Waals surface area (Å²) in [5, 5.41) is 40.1. The van der Waals surface area contributed by atoms with E-state index in [-0.39, 0.29) is 26.1 Å². The van der Waals surface area contributed by atoms with E-state index in [9.17, 15) is 30.0 Å². The number of hydrogen-bond donors (Lipinski definition) is 4. The Hall–Kier alpha value is -3.12. The summed E-state index contributed by atoms with van der Waals surface area (Å²) >= 11 is 0. The Morgan fingerprint density at radius 2 is 0.934 bits per heavy atom. The number of carbonyl (C=O) groups excluding carboxylic acids is 2. The molecule has 0 aliphatic carbocycles. The van der Waals surface area contributed by atoms with E-state index in [4.69, 9.17) is 18.9 Å². The lowest BCUT2D eigenvalue weighted by atomic mass is 9.99. The molecule has 0 spiro atoms. The summed E-state index contributed by atoms with van der Waals surface area (Å²) in [5.74, 6) is -0.924. The highest BCUT2D eigenvalue weighted by Gasteiger charge is 2.44. The zero-order valence-electron chi connectivity index (χ0n) is 37.9. The highest BCUT2D eigenvalue weighted by molar-refractivity contribution is 5.70. The van der Waals surface area contributed by atoms with Crippen molar-refractivity contribution in [3.05, 3.63) is 85.1 Å². The van der Waals surface area contributed by atoms with Crippen molar-refractivity contribution in [2.75, 3.05) is 19.8 Å². The van der Waals surface area contributed by atoms with Gasteiger partial charge in [-0.25, -0.2) is 0 Å². The van der Waals surface area contributed by atoms with Gasteiger partial charge in [0.2, 0.25) is 0 Å². The number of esters is 2. The molecule has 1 heterocycles.